The summed E-state index contributed by atoms with van der Waals surface area (Å²) in [6.07, 6.45) is 5.19. The third-order valence-electron chi connectivity index (χ3n) is 4.78. The number of nitrogens with two attached hydrogens (primary N) is 1. The van der Waals surface area contributed by atoms with Crippen LogP contribution in [0.15, 0.2) is 24.3 Å². The summed E-state index contributed by atoms with van der Waals surface area (Å²) in [7, 11) is 0. The second-order valence-electron chi connectivity index (χ2n) is 7.43. The van der Waals surface area contributed by atoms with Crippen molar-refractivity contribution in [3.63, 3.8) is 0 Å². The number of nitrogens with one attached hydrogen (secondary N) is 2. The summed E-state index contributed by atoms with van der Waals surface area (Å²) in [5, 5.41) is 5.98. The number of hydrogen-bond donors (Lipinski definition) is 3. The first-order valence-corrected chi connectivity index (χ1v) is 9.37. The molecule has 0 aromatic heterocycles. The zero-order chi connectivity index (χ0) is 18.2. The highest BCUT2D eigenvalue weighted by Gasteiger charge is 2.22. The van der Waals surface area contributed by atoms with Crippen LogP contribution in [0.2, 0.25) is 0 Å². The second kappa shape index (κ2) is 11.2. The summed E-state index contributed by atoms with van der Waals surface area (Å²) >= 11 is 0. The molecule has 1 aromatic carbocycles. The number of amides is 2. The molecule has 1 aliphatic carbocycles. The van der Waals surface area contributed by atoms with E-state index < -0.39 is 0 Å². The second-order valence-corrected chi connectivity index (χ2v) is 7.43. The van der Waals surface area contributed by atoms with Crippen molar-refractivity contribution in [2.75, 3.05) is 6.54 Å². The summed E-state index contributed by atoms with van der Waals surface area (Å²) in [5.41, 5.74) is 7.36. The molecule has 2 rings (SSSR count). The average molecular weight is 382 g/mol. The minimum absolute atomic E-state index is 0. The molecule has 1 aromatic rings. The maximum absolute atomic E-state index is 12.3. The van der Waals surface area contributed by atoms with Crippen LogP contribution >= 0.6 is 12.4 Å². The van der Waals surface area contributed by atoms with Gasteiger partial charge in [0.1, 0.15) is 0 Å². The number of rotatable bonds is 8. The maximum Gasteiger partial charge on any atom is 0.251 e. The molecule has 0 radical (unpaired) electrons. The van der Waals surface area contributed by atoms with Crippen LogP contribution < -0.4 is 16.4 Å². The van der Waals surface area contributed by atoms with Crippen LogP contribution in [0.1, 0.15) is 61.9 Å². The van der Waals surface area contributed by atoms with E-state index in [4.69, 9.17) is 5.73 Å². The van der Waals surface area contributed by atoms with Gasteiger partial charge >= 0.3 is 0 Å². The molecule has 0 spiro atoms. The zero-order valence-corrected chi connectivity index (χ0v) is 16.6. The van der Waals surface area contributed by atoms with Gasteiger partial charge in [-0.25, -0.2) is 0 Å². The molecule has 1 fully saturated rings. The molecule has 1 unspecified atom stereocenters. The van der Waals surface area contributed by atoms with Crippen molar-refractivity contribution in [1.82, 2.24) is 10.6 Å². The van der Waals surface area contributed by atoms with E-state index in [9.17, 15) is 9.59 Å². The lowest BCUT2D eigenvalue weighted by atomic mass is 10.0. The van der Waals surface area contributed by atoms with Crippen LogP contribution in [0.4, 0.5) is 0 Å². The van der Waals surface area contributed by atoms with E-state index in [1.165, 1.54) is 0 Å². The molecule has 26 heavy (non-hydrogen) atoms. The number of halogens is 1. The molecule has 0 heterocycles. The molecule has 1 atom stereocenters. The number of benzene rings is 1. The Morgan fingerprint density at radius 3 is 2.31 bits per heavy atom. The van der Waals surface area contributed by atoms with Crippen LogP contribution in [-0.4, -0.2) is 24.4 Å². The van der Waals surface area contributed by atoms with Gasteiger partial charge in [0.15, 0.2) is 0 Å². The third kappa shape index (κ3) is 6.96. The fraction of sp³-hybridized carbons (Fsp3) is 0.600. The van der Waals surface area contributed by atoms with E-state index in [1.807, 2.05) is 12.1 Å². The van der Waals surface area contributed by atoms with Gasteiger partial charge in [0.05, 0.1) is 0 Å². The fourth-order valence-corrected chi connectivity index (χ4v) is 3.35. The quantitative estimate of drug-likeness (QED) is 0.647. The first-order chi connectivity index (χ1) is 12.0. The summed E-state index contributed by atoms with van der Waals surface area (Å²) in [6.45, 7) is 5.18. The minimum Gasteiger partial charge on any atom is -0.352 e. The smallest absolute Gasteiger partial charge is 0.251 e. The standard InChI is InChI=1S/C20H31N3O2.ClH/c1-14(2)11-18(12-21)23-20(25)17-9-7-15(8-10-17)13-22-19(24)16-5-3-4-6-16;/h7-10,14,16,18H,3-6,11-13,21H2,1-2H3,(H,22,24)(H,23,25);1H. The lowest BCUT2D eigenvalue weighted by molar-refractivity contribution is -0.124. The van der Waals surface area contributed by atoms with Gasteiger partial charge in [-0.2, -0.15) is 0 Å². The van der Waals surface area contributed by atoms with Gasteiger partial charge in [-0.05, 0) is 42.9 Å². The Balaban J connectivity index is 0.00000338. The molecule has 1 aliphatic rings. The molecule has 0 saturated heterocycles. The van der Waals surface area contributed by atoms with Gasteiger partial charge in [0, 0.05) is 30.6 Å². The van der Waals surface area contributed by atoms with Gasteiger partial charge in [0.25, 0.3) is 5.91 Å². The molecule has 0 aliphatic heterocycles. The minimum atomic E-state index is -0.0994. The van der Waals surface area contributed by atoms with E-state index in [0.29, 0.717) is 24.6 Å². The Kier molecular flexibility index (Phi) is 9.66. The van der Waals surface area contributed by atoms with Crippen molar-refractivity contribution in [3.05, 3.63) is 35.4 Å². The van der Waals surface area contributed by atoms with Gasteiger partial charge in [-0.1, -0.05) is 38.8 Å². The highest BCUT2D eigenvalue weighted by Crippen LogP contribution is 2.24. The van der Waals surface area contributed by atoms with Crippen molar-refractivity contribution < 1.29 is 9.59 Å². The number of carbonyl (C=O) groups excluding carboxylic acids is 2. The first kappa shape index (κ1) is 22.5. The first-order valence-electron chi connectivity index (χ1n) is 9.37. The van der Waals surface area contributed by atoms with Gasteiger partial charge in [-0.3, -0.25) is 9.59 Å². The highest BCUT2D eigenvalue weighted by atomic mass is 35.5. The van der Waals surface area contributed by atoms with E-state index in [-0.39, 0.29) is 36.2 Å². The normalized spacial score (nSPS) is 15.4. The molecule has 1 saturated carbocycles. The highest BCUT2D eigenvalue weighted by molar-refractivity contribution is 5.94. The van der Waals surface area contributed by atoms with Gasteiger partial charge in [0.2, 0.25) is 5.91 Å². The van der Waals surface area contributed by atoms with Crippen molar-refractivity contribution in [2.45, 2.75) is 58.5 Å². The molecular weight excluding hydrogens is 350 g/mol. The van der Waals surface area contributed by atoms with E-state index in [0.717, 1.165) is 37.7 Å². The monoisotopic (exact) mass is 381 g/mol. The van der Waals surface area contributed by atoms with Crippen LogP contribution in [0, 0.1) is 11.8 Å². The predicted molar refractivity (Wildman–Crippen MR) is 107 cm³/mol. The third-order valence-corrected chi connectivity index (χ3v) is 4.78. The fourth-order valence-electron chi connectivity index (χ4n) is 3.35. The van der Waals surface area contributed by atoms with Crippen molar-refractivity contribution in [3.8, 4) is 0 Å². The molecular formula is C20H32ClN3O2. The maximum atomic E-state index is 12.3. The van der Waals surface area contributed by atoms with E-state index in [2.05, 4.69) is 24.5 Å². The molecule has 146 valence electrons. The number of carbonyl (C=O) groups is 2. The van der Waals surface area contributed by atoms with E-state index in [1.54, 1.807) is 12.1 Å². The molecule has 2 amide bonds. The molecule has 0 bridgehead atoms. The van der Waals surface area contributed by atoms with Crippen LogP contribution in [0.3, 0.4) is 0 Å². The zero-order valence-electron chi connectivity index (χ0n) is 15.8. The summed E-state index contributed by atoms with van der Waals surface area (Å²) in [4.78, 5) is 24.4. The predicted octanol–water partition coefficient (Wildman–Crippen LogP) is 3.02. The Bertz CT molecular complexity index is 569. The lowest BCUT2D eigenvalue weighted by Crippen LogP contribution is -2.41. The summed E-state index contributed by atoms with van der Waals surface area (Å²) in [6, 6.07) is 7.39. The van der Waals surface area contributed by atoms with E-state index >= 15 is 0 Å². The Morgan fingerprint density at radius 1 is 1.15 bits per heavy atom. The Morgan fingerprint density at radius 2 is 1.77 bits per heavy atom. The summed E-state index contributed by atoms with van der Waals surface area (Å²) < 4.78 is 0. The van der Waals surface area contributed by atoms with Crippen molar-refractivity contribution >= 4 is 24.2 Å². The van der Waals surface area contributed by atoms with Crippen LogP contribution in [-0.2, 0) is 11.3 Å². The molecule has 5 nitrogen and oxygen atoms in total. The number of hydrogen-bond acceptors (Lipinski definition) is 3. The van der Waals surface area contributed by atoms with Crippen molar-refractivity contribution in [2.24, 2.45) is 17.6 Å². The van der Waals surface area contributed by atoms with Gasteiger partial charge < -0.3 is 16.4 Å². The SMILES string of the molecule is CC(C)CC(CN)NC(=O)c1ccc(CNC(=O)C2CCCC2)cc1.Cl. The Hall–Kier alpha value is -1.59. The topological polar surface area (TPSA) is 84.2 Å². The molecule has 4 N–H and O–H groups in total. The summed E-state index contributed by atoms with van der Waals surface area (Å²) in [5.74, 6) is 0.718. The lowest BCUT2D eigenvalue weighted by Gasteiger charge is -2.19. The van der Waals surface area contributed by atoms with Gasteiger partial charge in [-0.15, -0.1) is 12.4 Å². The molecule has 6 heteroatoms. The Labute approximate surface area is 162 Å². The van der Waals surface area contributed by atoms with Crippen LogP contribution in [0.25, 0.3) is 0 Å². The average Bonchev–Trinajstić information content (AvgIpc) is 3.13. The van der Waals surface area contributed by atoms with Crippen LogP contribution in [0.5, 0.6) is 0 Å². The van der Waals surface area contributed by atoms with Crippen molar-refractivity contribution in [1.29, 1.82) is 0 Å². The largest absolute Gasteiger partial charge is 0.352 e.